The normalized spacial score (nSPS) is 19.5. The molecule has 0 radical (unpaired) electrons. The van der Waals surface area contributed by atoms with Crippen LogP contribution in [0.2, 0.25) is 0 Å². The van der Waals surface area contributed by atoms with E-state index in [-0.39, 0.29) is 11.2 Å². The van der Waals surface area contributed by atoms with Gasteiger partial charge in [-0.3, -0.25) is 0 Å². The van der Waals surface area contributed by atoms with Gasteiger partial charge in [-0.1, -0.05) is 50.2 Å². The van der Waals surface area contributed by atoms with Crippen molar-refractivity contribution in [3.05, 3.63) is 60.2 Å². The van der Waals surface area contributed by atoms with Crippen LogP contribution >= 0.6 is 6.49 Å². The van der Waals surface area contributed by atoms with E-state index >= 15 is 0 Å². The lowest BCUT2D eigenvalue weighted by Crippen LogP contribution is -2.31. The predicted molar refractivity (Wildman–Crippen MR) is 110 cm³/mol. The van der Waals surface area contributed by atoms with Crippen LogP contribution in [0.5, 0.6) is 5.75 Å². The summed E-state index contributed by atoms with van der Waals surface area (Å²) in [6.45, 7) is 5.53. The van der Waals surface area contributed by atoms with E-state index in [2.05, 4.69) is 31.3 Å². The molecule has 4 nitrogen and oxygen atoms in total. The van der Waals surface area contributed by atoms with Crippen LogP contribution in [0.25, 0.3) is 0 Å². The zero-order chi connectivity index (χ0) is 18.6. The molecule has 3 rings (SSSR count). The van der Waals surface area contributed by atoms with Gasteiger partial charge in [-0.15, -0.1) is 0 Å². The van der Waals surface area contributed by atoms with E-state index in [1.54, 1.807) is 0 Å². The highest BCUT2D eigenvalue weighted by atomic mass is 32.5. The summed E-state index contributed by atoms with van der Waals surface area (Å²) in [7, 11) is 0. The van der Waals surface area contributed by atoms with Crippen molar-refractivity contribution in [2.75, 3.05) is 25.1 Å². The van der Waals surface area contributed by atoms with Gasteiger partial charge < -0.3 is 19.1 Å². The molecule has 1 aliphatic rings. The van der Waals surface area contributed by atoms with E-state index in [0.717, 1.165) is 17.0 Å². The Labute approximate surface area is 161 Å². The number of nitrogens with one attached hydrogen (secondary N) is 1. The van der Waals surface area contributed by atoms with E-state index in [4.69, 9.17) is 25.6 Å². The van der Waals surface area contributed by atoms with Gasteiger partial charge in [-0.05, 0) is 36.4 Å². The minimum absolute atomic E-state index is 0.0154. The molecule has 0 unspecified atom stereocenters. The van der Waals surface area contributed by atoms with Gasteiger partial charge in [0.1, 0.15) is 11.5 Å². The summed E-state index contributed by atoms with van der Waals surface area (Å²) < 4.78 is 17.9. The van der Waals surface area contributed by atoms with E-state index in [1.807, 2.05) is 49.4 Å². The fourth-order valence-electron chi connectivity index (χ4n) is 2.74. The van der Waals surface area contributed by atoms with E-state index < -0.39 is 6.49 Å². The van der Waals surface area contributed by atoms with Crippen LogP contribution in [0.3, 0.4) is 0 Å². The second kappa shape index (κ2) is 8.10. The molecule has 1 fully saturated rings. The Bertz CT molecular complexity index is 768. The number of ether oxygens (including phenoxy) is 1. The summed E-state index contributed by atoms with van der Waals surface area (Å²) in [5.41, 5.74) is 1.99. The first kappa shape index (κ1) is 19.4. The number of rotatable bonds is 6. The van der Waals surface area contributed by atoms with Gasteiger partial charge in [0.2, 0.25) is 6.49 Å². The van der Waals surface area contributed by atoms with Crippen LogP contribution < -0.4 is 10.1 Å². The Kier molecular flexibility index (Phi) is 6.03. The zero-order valence-electron chi connectivity index (χ0n) is 15.5. The van der Waals surface area contributed by atoms with Crippen molar-refractivity contribution in [1.82, 2.24) is 0 Å². The Morgan fingerprint density at radius 1 is 1.12 bits per heavy atom. The Morgan fingerprint density at radius 2 is 1.81 bits per heavy atom. The van der Waals surface area contributed by atoms with Crippen LogP contribution in [0.4, 0.5) is 5.69 Å². The molecule has 140 valence electrons. The first-order valence-electron chi connectivity index (χ1n) is 8.85. The summed E-state index contributed by atoms with van der Waals surface area (Å²) >= 11 is 5.92. The molecule has 26 heavy (non-hydrogen) atoms. The fourth-order valence-corrected chi connectivity index (χ4v) is 5.85. The standard InChI is InChI=1S/C20H26NO3PS/c1-4-22-18-12-8-11-17(13-18)21-19(16-9-6-5-7-10-16)25(26)23-14-20(2,3)15-24-25/h5-13,19,21H,4,14-15H2,1-3H3/t19-/m1/s1. The van der Waals surface area contributed by atoms with E-state index in [9.17, 15) is 0 Å². The molecule has 1 atom stereocenters. The second-order valence-electron chi connectivity index (χ2n) is 7.17. The molecule has 0 saturated carbocycles. The highest BCUT2D eigenvalue weighted by molar-refractivity contribution is 8.10. The maximum Gasteiger partial charge on any atom is 0.215 e. The average Bonchev–Trinajstić information content (AvgIpc) is 2.64. The van der Waals surface area contributed by atoms with Gasteiger partial charge in [0.25, 0.3) is 0 Å². The Hall–Kier alpha value is -1.39. The first-order chi connectivity index (χ1) is 12.4. The SMILES string of the molecule is CCOc1cccc(N[C@@H](c2ccccc2)P2(=S)OCC(C)(C)CO2)c1. The van der Waals surface area contributed by atoms with Crippen LogP contribution in [0.15, 0.2) is 54.6 Å². The molecule has 0 aromatic heterocycles. The van der Waals surface area contributed by atoms with Crippen LogP contribution in [0.1, 0.15) is 32.1 Å². The largest absolute Gasteiger partial charge is 0.494 e. The molecular formula is C20H26NO3PS. The first-order valence-corrected chi connectivity index (χ1v) is 11.6. The van der Waals surface area contributed by atoms with Crippen molar-refractivity contribution in [3.63, 3.8) is 0 Å². The smallest absolute Gasteiger partial charge is 0.215 e. The lowest BCUT2D eigenvalue weighted by Gasteiger charge is -2.40. The third kappa shape index (κ3) is 4.66. The van der Waals surface area contributed by atoms with Gasteiger partial charge >= 0.3 is 0 Å². The second-order valence-corrected chi connectivity index (χ2v) is 10.8. The molecule has 0 bridgehead atoms. The molecule has 1 saturated heterocycles. The number of anilines is 1. The number of hydrogen-bond donors (Lipinski definition) is 1. The van der Waals surface area contributed by atoms with Gasteiger partial charge in [-0.2, -0.15) is 0 Å². The van der Waals surface area contributed by atoms with Gasteiger partial charge in [0.15, 0.2) is 0 Å². The molecule has 1 aliphatic heterocycles. The molecule has 0 aliphatic carbocycles. The maximum absolute atomic E-state index is 6.16. The number of benzene rings is 2. The minimum Gasteiger partial charge on any atom is -0.494 e. The lowest BCUT2D eigenvalue weighted by atomic mass is 9.97. The van der Waals surface area contributed by atoms with Crippen molar-refractivity contribution in [2.45, 2.75) is 26.6 Å². The van der Waals surface area contributed by atoms with Crippen LogP contribution in [-0.2, 0) is 20.9 Å². The predicted octanol–water partition coefficient (Wildman–Crippen LogP) is 5.58. The fraction of sp³-hybridized carbons (Fsp3) is 0.400. The van der Waals surface area contributed by atoms with E-state index in [0.29, 0.717) is 19.8 Å². The van der Waals surface area contributed by atoms with E-state index in [1.165, 1.54) is 0 Å². The topological polar surface area (TPSA) is 39.7 Å². The van der Waals surface area contributed by atoms with Crippen LogP contribution in [-0.4, -0.2) is 19.8 Å². The van der Waals surface area contributed by atoms with Crippen molar-refractivity contribution in [1.29, 1.82) is 0 Å². The van der Waals surface area contributed by atoms with Crippen molar-refractivity contribution >= 4 is 24.0 Å². The van der Waals surface area contributed by atoms with Crippen LogP contribution in [0, 0.1) is 5.41 Å². The van der Waals surface area contributed by atoms with Gasteiger partial charge in [-0.25, -0.2) is 0 Å². The number of hydrogen-bond acceptors (Lipinski definition) is 5. The molecule has 2 aromatic rings. The monoisotopic (exact) mass is 391 g/mol. The van der Waals surface area contributed by atoms with Gasteiger partial charge in [0.05, 0.1) is 19.8 Å². The maximum atomic E-state index is 6.16. The zero-order valence-corrected chi connectivity index (χ0v) is 17.2. The molecule has 2 aromatic carbocycles. The highest BCUT2D eigenvalue weighted by Gasteiger charge is 2.40. The third-order valence-corrected chi connectivity index (χ3v) is 7.45. The molecule has 0 amide bonds. The summed E-state index contributed by atoms with van der Waals surface area (Å²) in [4.78, 5) is 0. The molecule has 1 heterocycles. The minimum atomic E-state index is -2.54. The molecular weight excluding hydrogens is 365 g/mol. The molecule has 1 N–H and O–H groups in total. The highest BCUT2D eigenvalue weighted by Crippen LogP contribution is 2.64. The van der Waals surface area contributed by atoms with Gasteiger partial charge in [0, 0.05) is 17.2 Å². The van der Waals surface area contributed by atoms with Crippen molar-refractivity contribution < 1.29 is 13.8 Å². The summed E-state index contributed by atoms with van der Waals surface area (Å²) in [5.74, 6) is 0.611. The average molecular weight is 391 g/mol. The summed E-state index contributed by atoms with van der Waals surface area (Å²) in [5, 5.41) is 3.55. The quantitative estimate of drug-likeness (QED) is 0.651. The summed E-state index contributed by atoms with van der Waals surface area (Å²) in [6.07, 6.45) is 0. The molecule has 0 spiro atoms. The molecule has 6 heteroatoms. The van der Waals surface area contributed by atoms with Crippen molar-refractivity contribution in [2.24, 2.45) is 5.41 Å². The Balaban J connectivity index is 1.90. The van der Waals surface area contributed by atoms with Crippen molar-refractivity contribution in [3.8, 4) is 5.75 Å². The lowest BCUT2D eigenvalue weighted by molar-refractivity contribution is 0.0579. The Morgan fingerprint density at radius 3 is 2.46 bits per heavy atom. The third-order valence-electron chi connectivity index (χ3n) is 4.15. The summed E-state index contributed by atoms with van der Waals surface area (Å²) in [6, 6.07) is 18.0.